The minimum absolute atomic E-state index is 0.192. The molecular formula is C7H18N2O2S. The van der Waals surface area contributed by atoms with Gasteiger partial charge in [0.1, 0.15) is 11.8 Å². The average Bonchev–Trinajstić information content (AvgIpc) is 2.13. The normalized spacial score (nSPS) is 18.8. The second kappa shape index (κ2) is 5.77. The third-order valence-corrected chi connectivity index (χ3v) is 2.48. The molecule has 0 heterocycles. The fraction of sp³-hybridized carbons (Fsp3) is 1.00. The molecule has 0 bridgehead atoms. The molecule has 0 spiro atoms. The highest BCUT2D eigenvalue weighted by atomic mass is 32.2. The molecule has 0 aliphatic rings. The second-order valence-electron chi connectivity index (χ2n) is 2.72. The van der Waals surface area contributed by atoms with Crippen molar-refractivity contribution in [2.24, 2.45) is 5.14 Å². The van der Waals surface area contributed by atoms with Crippen LogP contribution in [0.2, 0.25) is 0 Å². The Balaban J connectivity index is 4.21. The van der Waals surface area contributed by atoms with Gasteiger partial charge in [-0.1, -0.05) is 6.92 Å². The molecule has 0 saturated heterocycles. The quantitative estimate of drug-likeness (QED) is 0.486. The number of methoxy groups -OCH3 is 2. The van der Waals surface area contributed by atoms with Gasteiger partial charge in [-0.3, -0.25) is 5.14 Å². The van der Waals surface area contributed by atoms with Gasteiger partial charge in [0.05, 0.1) is 0 Å². The molecule has 0 saturated carbocycles. The Bertz CT molecular complexity index is 120. The van der Waals surface area contributed by atoms with Gasteiger partial charge in [0.25, 0.3) is 0 Å². The van der Waals surface area contributed by atoms with Crippen LogP contribution in [-0.4, -0.2) is 26.0 Å². The molecule has 0 radical (unpaired) electrons. The SMILES string of the molecule is CCC(C)(OC)[C@@H](NSN)OC. The van der Waals surface area contributed by atoms with Crippen molar-refractivity contribution in [3.63, 3.8) is 0 Å². The van der Waals surface area contributed by atoms with Crippen LogP contribution < -0.4 is 9.86 Å². The summed E-state index contributed by atoms with van der Waals surface area (Å²) in [6.45, 7) is 4.02. The smallest absolute Gasteiger partial charge is 0.146 e. The molecule has 5 heteroatoms. The molecule has 0 aromatic carbocycles. The van der Waals surface area contributed by atoms with Gasteiger partial charge >= 0.3 is 0 Å². The summed E-state index contributed by atoms with van der Waals surface area (Å²) in [7, 11) is 3.29. The van der Waals surface area contributed by atoms with Crippen LogP contribution in [0, 0.1) is 0 Å². The van der Waals surface area contributed by atoms with Crippen LogP contribution in [0.5, 0.6) is 0 Å². The first kappa shape index (κ1) is 12.2. The molecule has 74 valence electrons. The maximum Gasteiger partial charge on any atom is 0.146 e. The summed E-state index contributed by atoms with van der Waals surface area (Å²) >= 11 is 1.04. The van der Waals surface area contributed by atoms with Gasteiger partial charge in [0, 0.05) is 26.4 Å². The van der Waals surface area contributed by atoms with Crippen molar-refractivity contribution in [2.75, 3.05) is 14.2 Å². The molecule has 4 nitrogen and oxygen atoms in total. The minimum atomic E-state index is -0.332. The van der Waals surface area contributed by atoms with E-state index in [1.54, 1.807) is 14.2 Å². The highest BCUT2D eigenvalue weighted by Gasteiger charge is 2.32. The molecule has 2 atom stereocenters. The summed E-state index contributed by atoms with van der Waals surface area (Å²) in [6, 6.07) is 0. The second-order valence-corrected chi connectivity index (χ2v) is 3.19. The zero-order valence-electron chi connectivity index (χ0n) is 8.09. The number of hydrogen-bond donors (Lipinski definition) is 2. The average molecular weight is 194 g/mol. The van der Waals surface area contributed by atoms with Crippen molar-refractivity contribution in [3.8, 4) is 0 Å². The number of hydrogen-bond acceptors (Lipinski definition) is 5. The Morgan fingerprint density at radius 2 is 2.17 bits per heavy atom. The van der Waals surface area contributed by atoms with Crippen LogP contribution in [-0.2, 0) is 9.47 Å². The molecule has 0 rings (SSSR count). The number of nitrogens with two attached hydrogens (primary N) is 1. The predicted octanol–water partition coefficient (Wildman–Crippen LogP) is 0.885. The molecule has 1 unspecified atom stereocenters. The third kappa shape index (κ3) is 2.91. The Morgan fingerprint density at radius 1 is 1.58 bits per heavy atom. The summed E-state index contributed by atoms with van der Waals surface area (Å²) in [5.74, 6) is 0. The van der Waals surface area contributed by atoms with E-state index >= 15 is 0 Å². The summed E-state index contributed by atoms with van der Waals surface area (Å²) in [6.07, 6.45) is 0.665. The molecule has 0 amide bonds. The number of nitrogens with one attached hydrogen (secondary N) is 1. The molecule has 12 heavy (non-hydrogen) atoms. The summed E-state index contributed by atoms with van der Waals surface area (Å²) in [5.41, 5.74) is -0.332. The Labute approximate surface area is 78.4 Å². The van der Waals surface area contributed by atoms with E-state index in [4.69, 9.17) is 14.6 Å². The molecule has 3 N–H and O–H groups in total. The van der Waals surface area contributed by atoms with Gasteiger partial charge in [-0.15, -0.1) is 0 Å². The van der Waals surface area contributed by atoms with E-state index in [0.717, 1.165) is 18.6 Å². The van der Waals surface area contributed by atoms with Crippen LogP contribution in [0.15, 0.2) is 0 Å². The highest BCUT2D eigenvalue weighted by molar-refractivity contribution is 7.95. The fourth-order valence-corrected chi connectivity index (χ4v) is 1.39. The molecular weight excluding hydrogens is 176 g/mol. The van der Waals surface area contributed by atoms with Crippen molar-refractivity contribution in [2.45, 2.75) is 32.1 Å². The van der Waals surface area contributed by atoms with Crippen molar-refractivity contribution in [1.82, 2.24) is 4.72 Å². The lowest BCUT2D eigenvalue weighted by molar-refractivity contribution is -0.111. The van der Waals surface area contributed by atoms with E-state index in [1.807, 2.05) is 13.8 Å². The Hall–Kier alpha value is 0.190. The summed E-state index contributed by atoms with van der Waals surface area (Å²) in [4.78, 5) is 0. The zero-order chi connectivity index (χ0) is 9.61. The van der Waals surface area contributed by atoms with E-state index in [1.165, 1.54) is 0 Å². The molecule has 0 aliphatic heterocycles. The van der Waals surface area contributed by atoms with Gasteiger partial charge in [-0.25, -0.2) is 4.72 Å². The maximum atomic E-state index is 5.34. The van der Waals surface area contributed by atoms with E-state index in [2.05, 4.69) is 4.72 Å². The van der Waals surface area contributed by atoms with Crippen molar-refractivity contribution in [3.05, 3.63) is 0 Å². The van der Waals surface area contributed by atoms with E-state index < -0.39 is 0 Å². The number of rotatable bonds is 6. The van der Waals surface area contributed by atoms with E-state index in [9.17, 15) is 0 Å². The van der Waals surface area contributed by atoms with Gasteiger partial charge in [0.2, 0.25) is 0 Å². The topological polar surface area (TPSA) is 56.5 Å². The van der Waals surface area contributed by atoms with Crippen LogP contribution >= 0.6 is 12.1 Å². The third-order valence-electron chi connectivity index (χ3n) is 2.13. The largest absolute Gasteiger partial charge is 0.374 e. The van der Waals surface area contributed by atoms with Gasteiger partial charge in [-0.05, 0) is 13.3 Å². The van der Waals surface area contributed by atoms with Crippen LogP contribution in [0.3, 0.4) is 0 Å². The first-order chi connectivity index (χ1) is 5.64. The fourth-order valence-electron chi connectivity index (χ4n) is 0.921. The van der Waals surface area contributed by atoms with Crippen molar-refractivity contribution in [1.29, 1.82) is 0 Å². The van der Waals surface area contributed by atoms with Crippen LogP contribution in [0.25, 0.3) is 0 Å². The summed E-state index contributed by atoms with van der Waals surface area (Å²) < 4.78 is 13.5. The molecule has 0 fully saturated rings. The first-order valence-electron chi connectivity index (χ1n) is 3.83. The molecule has 0 aliphatic carbocycles. The first-order valence-corrected chi connectivity index (χ1v) is 4.71. The molecule has 0 aromatic rings. The van der Waals surface area contributed by atoms with Crippen molar-refractivity contribution >= 4 is 12.1 Å². The monoisotopic (exact) mass is 194 g/mol. The standard InChI is InChI=1S/C7H18N2O2S/c1-5-7(2,11-4)6(10-3)9-12-8/h6,9H,5,8H2,1-4H3/t6-,7?/m0/s1. The zero-order valence-corrected chi connectivity index (χ0v) is 8.90. The molecule has 0 aromatic heterocycles. The predicted molar refractivity (Wildman–Crippen MR) is 51.4 cm³/mol. The lowest BCUT2D eigenvalue weighted by atomic mass is 10.0. The Morgan fingerprint density at radius 3 is 2.42 bits per heavy atom. The Kier molecular flexibility index (Phi) is 5.86. The van der Waals surface area contributed by atoms with E-state index in [0.29, 0.717) is 0 Å². The summed E-state index contributed by atoms with van der Waals surface area (Å²) in [5, 5.41) is 5.28. The van der Waals surface area contributed by atoms with E-state index in [-0.39, 0.29) is 11.8 Å². The maximum absolute atomic E-state index is 5.34. The van der Waals surface area contributed by atoms with Gasteiger partial charge in [0.15, 0.2) is 0 Å². The van der Waals surface area contributed by atoms with Gasteiger partial charge in [-0.2, -0.15) is 0 Å². The van der Waals surface area contributed by atoms with Gasteiger partial charge < -0.3 is 9.47 Å². The lowest BCUT2D eigenvalue weighted by Crippen LogP contribution is -2.49. The van der Waals surface area contributed by atoms with Crippen LogP contribution in [0.4, 0.5) is 0 Å². The van der Waals surface area contributed by atoms with Crippen LogP contribution in [0.1, 0.15) is 20.3 Å². The highest BCUT2D eigenvalue weighted by Crippen LogP contribution is 2.20. The number of ether oxygens (including phenoxy) is 2. The lowest BCUT2D eigenvalue weighted by Gasteiger charge is -2.34. The van der Waals surface area contributed by atoms with Crippen molar-refractivity contribution < 1.29 is 9.47 Å². The minimum Gasteiger partial charge on any atom is -0.374 e.